The number of thiophene rings is 1. The Morgan fingerprint density at radius 1 is 1.26 bits per heavy atom. The molecule has 2 rings (SSSR count). The molecule has 0 spiro atoms. The molecule has 3 N–H and O–H groups in total. The van der Waals surface area contributed by atoms with E-state index in [0.717, 1.165) is 18.2 Å². The molecule has 0 saturated heterocycles. The number of rotatable bonds is 6. The molecule has 0 aliphatic rings. The van der Waals surface area contributed by atoms with Gasteiger partial charge in [0.1, 0.15) is 4.88 Å². The maximum absolute atomic E-state index is 11.9. The second-order valence-corrected chi connectivity index (χ2v) is 6.34. The highest BCUT2D eigenvalue weighted by Gasteiger charge is 2.10. The van der Waals surface area contributed by atoms with Crippen molar-refractivity contribution in [2.24, 2.45) is 4.99 Å². The number of hydrogen-bond donors (Lipinski definition) is 3. The van der Waals surface area contributed by atoms with Gasteiger partial charge in [0.05, 0.1) is 17.7 Å². The van der Waals surface area contributed by atoms with Crippen LogP contribution >= 0.6 is 46.7 Å². The highest BCUT2D eigenvalue weighted by Crippen LogP contribution is 2.11. The van der Waals surface area contributed by atoms with Crippen molar-refractivity contribution in [3.63, 3.8) is 0 Å². The standard InChI is InChI=1S/C14H19N5OS2.HI/c1-10-12(22-9-19-10)13(20)16-5-6-17-14(15-2)18-8-11-4-3-7-21-11;/h3-4,7,9H,5-6,8H2,1-2H3,(H,16,20)(H2,15,17,18);1H. The van der Waals surface area contributed by atoms with E-state index in [-0.39, 0.29) is 29.9 Å². The van der Waals surface area contributed by atoms with Crippen molar-refractivity contribution in [2.45, 2.75) is 13.5 Å². The minimum absolute atomic E-state index is 0. The number of aromatic nitrogens is 1. The lowest BCUT2D eigenvalue weighted by molar-refractivity contribution is 0.0957. The van der Waals surface area contributed by atoms with Gasteiger partial charge in [-0.3, -0.25) is 9.79 Å². The van der Waals surface area contributed by atoms with Crippen LogP contribution in [-0.2, 0) is 6.54 Å². The minimum atomic E-state index is -0.0802. The molecule has 0 radical (unpaired) electrons. The summed E-state index contributed by atoms with van der Waals surface area (Å²) in [6, 6.07) is 4.09. The summed E-state index contributed by atoms with van der Waals surface area (Å²) in [5.74, 6) is 0.639. The van der Waals surface area contributed by atoms with Gasteiger partial charge in [-0.1, -0.05) is 6.07 Å². The zero-order chi connectivity index (χ0) is 15.8. The van der Waals surface area contributed by atoms with Gasteiger partial charge in [0.25, 0.3) is 5.91 Å². The Balaban J connectivity index is 0.00000264. The van der Waals surface area contributed by atoms with E-state index < -0.39 is 0 Å². The molecule has 1 amide bonds. The third-order valence-corrected chi connectivity index (χ3v) is 4.69. The third-order valence-electron chi connectivity index (χ3n) is 2.89. The lowest BCUT2D eigenvalue weighted by atomic mass is 10.4. The van der Waals surface area contributed by atoms with Crippen molar-refractivity contribution in [3.05, 3.63) is 38.5 Å². The fourth-order valence-corrected chi connectivity index (χ4v) is 3.12. The fourth-order valence-electron chi connectivity index (χ4n) is 1.76. The molecular weight excluding hydrogens is 445 g/mol. The van der Waals surface area contributed by atoms with Gasteiger partial charge in [-0.25, -0.2) is 4.98 Å². The van der Waals surface area contributed by atoms with E-state index in [1.165, 1.54) is 16.2 Å². The van der Waals surface area contributed by atoms with E-state index in [1.807, 2.05) is 18.4 Å². The smallest absolute Gasteiger partial charge is 0.263 e. The maximum Gasteiger partial charge on any atom is 0.263 e. The van der Waals surface area contributed by atoms with Crippen molar-refractivity contribution in [1.29, 1.82) is 0 Å². The highest BCUT2D eigenvalue weighted by molar-refractivity contribution is 14.0. The van der Waals surface area contributed by atoms with Gasteiger partial charge in [0, 0.05) is 25.0 Å². The molecule has 126 valence electrons. The Bertz CT molecular complexity index is 627. The first-order valence-electron chi connectivity index (χ1n) is 6.86. The Hall–Kier alpha value is -1.20. The van der Waals surface area contributed by atoms with E-state index in [0.29, 0.717) is 18.0 Å². The van der Waals surface area contributed by atoms with Crippen molar-refractivity contribution < 1.29 is 4.79 Å². The van der Waals surface area contributed by atoms with Crippen LogP contribution in [0.4, 0.5) is 0 Å². The van der Waals surface area contributed by atoms with Crippen molar-refractivity contribution >= 4 is 58.5 Å². The van der Waals surface area contributed by atoms with Crippen LogP contribution in [0.5, 0.6) is 0 Å². The molecule has 0 saturated carbocycles. The lowest BCUT2D eigenvalue weighted by Crippen LogP contribution is -2.41. The summed E-state index contributed by atoms with van der Waals surface area (Å²) in [6.07, 6.45) is 0. The van der Waals surface area contributed by atoms with Crippen LogP contribution < -0.4 is 16.0 Å². The average molecular weight is 465 g/mol. The van der Waals surface area contributed by atoms with Crippen molar-refractivity contribution in [1.82, 2.24) is 20.9 Å². The molecule has 0 unspecified atom stereocenters. The molecule has 9 heteroatoms. The van der Waals surface area contributed by atoms with E-state index in [2.05, 4.69) is 32.0 Å². The first-order valence-corrected chi connectivity index (χ1v) is 8.62. The second kappa shape index (κ2) is 10.6. The number of guanidine groups is 1. The van der Waals surface area contributed by atoms with Crippen LogP contribution in [0, 0.1) is 6.92 Å². The molecule has 0 bridgehead atoms. The fraction of sp³-hybridized carbons (Fsp3) is 0.357. The zero-order valence-corrected chi connectivity index (χ0v) is 16.9. The van der Waals surface area contributed by atoms with Gasteiger partial charge in [-0.15, -0.1) is 46.7 Å². The molecule has 6 nitrogen and oxygen atoms in total. The SMILES string of the molecule is CN=C(NCCNC(=O)c1scnc1C)NCc1cccs1.I. The Labute approximate surface area is 160 Å². The first-order chi connectivity index (χ1) is 10.7. The van der Waals surface area contributed by atoms with Gasteiger partial charge in [0.2, 0.25) is 0 Å². The van der Waals surface area contributed by atoms with Crippen LogP contribution in [0.25, 0.3) is 0 Å². The molecule has 0 aliphatic heterocycles. The Kier molecular flexibility index (Phi) is 9.10. The van der Waals surface area contributed by atoms with E-state index in [1.54, 1.807) is 23.9 Å². The number of hydrogen-bond acceptors (Lipinski definition) is 5. The molecule has 23 heavy (non-hydrogen) atoms. The molecule has 2 aromatic heterocycles. The van der Waals surface area contributed by atoms with Crippen LogP contribution in [-0.4, -0.2) is 37.0 Å². The van der Waals surface area contributed by atoms with Gasteiger partial charge >= 0.3 is 0 Å². The van der Waals surface area contributed by atoms with E-state index in [9.17, 15) is 4.79 Å². The number of carbonyl (C=O) groups is 1. The number of carbonyl (C=O) groups excluding carboxylic acids is 1. The molecule has 0 aromatic carbocycles. The summed E-state index contributed by atoms with van der Waals surface area (Å²) in [5, 5.41) is 11.3. The number of halogens is 1. The molecule has 0 aliphatic carbocycles. The number of amides is 1. The van der Waals surface area contributed by atoms with Gasteiger partial charge in [0.15, 0.2) is 5.96 Å². The summed E-state index contributed by atoms with van der Waals surface area (Å²) >= 11 is 3.06. The normalized spacial score (nSPS) is 10.8. The molecule has 2 aromatic rings. The average Bonchev–Trinajstić information content (AvgIpc) is 3.17. The van der Waals surface area contributed by atoms with Crippen molar-refractivity contribution in [2.75, 3.05) is 20.1 Å². The summed E-state index contributed by atoms with van der Waals surface area (Å²) in [6.45, 7) is 3.70. The van der Waals surface area contributed by atoms with Crippen LogP contribution in [0.2, 0.25) is 0 Å². The summed E-state index contributed by atoms with van der Waals surface area (Å²) < 4.78 is 0. The summed E-state index contributed by atoms with van der Waals surface area (Å²) in [7, 11) is 1.73. The topological polar surface area (TPSA) is 78.4 Å². The predicted octanol–water partition coefficient (Wildman–Crippen LogP) is 2.23. The number of aryl methyl sites for hydroxylation is 1. The second-order valence-electron chi connectivity index (χ2n) is 4.45. The van der Waals surface area contributed by atoms with Crippen molar-refractivity contribution in [3.8, 4) is 0 Å². The van der Waals surface area contributed by atoms with E-state index >= 15 is 0 Å². The summed E-state index contributed by atoms with van der Waals surface area (Å²) in [4.78, 5) is 22.0. The monoisotopic (exact) mass is 465 g/mol. The lowest BCUT2D eigenvalue weighted by Gasteiger charge is -2.11. The van der Waals surface area contributed by atoms with Crippen LogP contribution in [0.1, 0.15) is 20.2 Å². The van der Waals surface area contributed by atoms with Crippen LogP contribution in [0.15, 0.2) is 28.0 Å². The third kappa shape index (κ3) is 6.43. The predicted molar refractivity (Wildman–Crippen MR) is 107 cm³/mol. The largest absolute Gasteiger partial charge is 0.355 e. The van der Waals surface area contributed by atoms with E-state index in [4.69, 9.17) is 0 Å². The number of aliphatic imine (C=N–C) groups is 1. The number of nitrogens with one attached hydrogen (secondary N) is 3. The maximum atomic E-state index is 11.9. The van der Waals surface area contributed by atoms with Gasteiger partial charge in [-0.05, 0) is 18.4 Å². The highest BCUT2D eigenvalue weighted by atomic mass is 127. The van der Waals surface area contributed by atoms with Gasteiger partial charge < -0.3 is 16.0 Å². The molecular formula is C14H20IN5OS2. The molecule has 2 heterocycles. The number of thiazole rings is 1. The van der Waals surface area contributed by atoms with Crippen LogP contribution in [0.3, 0.4) is 0 Å². The Morgan fingerprint density at radius 2 is 2.04 bits per heavy atom. The van der Waals surface area contributed by atoms with Gasteiger partial charge in [-0.2, -0.15) is 0 Å². The number of nitrogens with zero attached hydrogens (tertiary/aromatic N) is 2. The zero-order valence-electron chi connectivity index (χ0n) is 13.0. The Morgan fingerprint density at radius 3 is 2.65 bits per heavy atom. The minimum Gasteiger partial charge on any atom is -0.355 e. The quantitative estimate of drug-likeness (QED) is 0.265. The molecule has 0 fully saturated rings. The first kappa shape index (κ1) is 19.8. The molecule has 0 atom stereocenters. The summed E-state index contributed by atoms with van der Waals surface area (Å²) in [5.41, 5.74) is 2.45.